The van der Waals surface area contributed by atoms with E-state index in [1.54, 1.807) is 0 Å². The van der Waals surface area contributed by atoms with Crippen LogP contribution in [-0.4, -0.2) is 0 Å². The summed E-state index contributed by atoms with van der Waals surface area (Å²) in [6, 6.07) is 2.79. The molecule has 168 valence electrons. The number of hydrogen-bond acceptors (Lipinski definition) is 1. The molecule has 2 saturated carbocycles. The predicted molar refractivity (Wildman–Crippen MR) is 127 cm³/mol. The Morgan fingerprint density at radius 1 is 0.655 bits per heavy atom. The molecule has 1 nitrogen and oxygen atoms in total. The van der Waals surface area contributed by atoms with Crippen LogP contribution in [0.2, 0.25) is 0 Å². The van der Waals surface area contributed by atoms with Crippen molar-refractivity contribution in [3.05, 3.63) is 0 Å². The number of nitriles is 1. The van der Waals surface area contributed by atoms with Gasteiger partial charge in [0, 0.05) is 0 Å². The van der Waals surface area contributed by atoms with Crippen molar-refractivity contribution in [3.8, 4) is 6.07 Å². The molecule has 0 spiro atoms. The van der Waals surface area contributed by atoms with Gasteiger partial charge in [-0.25, -0.2) is 0 Å². The molecular weight excluding hydrogens is 350 g/mol. The average Bonchev–Trinajstić information content (AvgIpc) is 2.77. The van der Waals surface area contributed by atoms with E-state index in [1.807, 2.05) is 0 Å². The topological polar surface area (TPSA) is 23.8 Å². The summed E-state index contributed by atoms with van der Waals surface area (Å²) in [5, 5.41) is 9.90. The van der Waals surface area contributed by atoms with Crippen molar-refractivity contribution in [3.63, 3.8) is 0 Å². The van der Waals surface area contributed by atoms with Gasteiger partial charge in [0.1, 0.15) is 0 Å². The normalized spacial score (nSPS) is 30.2. The highest BCUT2D eigenvalue weighted by Crippen LogP contribution is 2.47. The fraction of sp³-hybridized carbons (Fsp3) is 0.964. The highest BCUT2D eigenvalue weighted by molar-refractivity contribution is 5.02. The van der Waals surface area contributed by atoms with E-state index < -0.39 is 0 Å². The molecular formula is C28H51N. The lowest BCUT2D eigenvalue weighted by Crippen LogP contribution is -2.31. The molecule has 0 amide bonds. The van der Waals surface area contributed by atoms with Gasteiger partial charge in [-0.1, -0.05) is 104 Å². The number of nitrogens with zero attached hydrogens (tertiary/aromatic N) is 1. The minimum absolute atomic E-state index is 0.0386. The second kappa shape index (κ2) is 14.5. The summed E-state index contributed by atoms with van der Waals surface area (Å²) in [6.07, 6.45) is 29.0. The quantitative estimate of drug-likeness (QED) is 0.266. The van der Waals surface area contributed by atoms with Gasteiger partial charge in [0.2, 0.25) is 0 Å². The zero-order valence-corrected chi connectivity index (χ0v) is 20.0. The van der Waals surface area contributed by atoms with Gasteiger partial charge in [-0.2, -0.15) is 5.26 Å². The summed E-state index contributed by atoms with van der Waals surface area (Å²) in [7, 11) is 0. The third-order valence-electron chi connectivity index (χ3n) is 8.51. The van der Waals surface area contributed by atoms with Crippen molar-refractivity contribution in [1.29, 1.82) is 5.26 Å². The summed E-state index contributed by atoms with van der Waals surface area (Å²) in [6.45, 7) is 4.59. The summed E-state index contributed by atoms with van der Waals surface area (Å²) < 4.78 is 0. The zero-order chi connectivity index (χ0) is 20.8. The Kier molecular flexibility index (Phi) is 12.4. The molecule has 0 saturated heterocycles. The van der Waals surface area contributed by atoms with Crippen LogP contribution in [-0.2, 0) is 0 Å². The summed E-state index contributed by atoms with van der Waals surface area (Å²) in [5.74, 6) is 2.95. The fourth-order valence-corrected chi connectivity index (χ4v) is 6.31. The molecule has 0 unspecified atom stereocenters. The van der Waals surface area contributed by atoms with E-state index in [2.05, 4.69) is 19.9 Å². The summed E-state index contributed by atoms with van der Waals surface area (Å²) >= 11 is 0. The first-order valence-corrected chi connectivity index (χ1v) is 13.6. The van der Waals surface area contributed by atoms with Crippen LogP contribution in [0.5, 0.6) is 0 Å². The highest BCUT2D eigenvalue weighted by Gasteiger charge is 2.38. The smallest absolute Gasteiger partial charge is 0.0689 e. The first-order valence-electron chi connectivity index (χ1n) is 13.6. The molecule has 0 aromatic heterocycles. The van der Waals surface area contributed by atoms with E-state index in [-0.39, 0.29) is 5.41 Å². The van der Waals surface area contributed by atoms with E-state index >= 15 is 0 Å². The number of rotatable bonds is 14. The van der Waals surface area contributed by atoms with Crippen molar-refractivity contribution in [2.75, 3.05) is 0 Å². The molecule has 1 heteroatoms. The maximum Gasteiger partial charge on any atom is 0.0689 e. The maximum atomic E-state index is 9.90. The van der Waals surface area contributed by atoms with Crippen molar-refractivity contribution in [2.24, 2.45) is 23.2 Å². The van der Waals surface area contributed by atoms with Gasteiger partial charge in [-0.15, -0.1) is 0 Å². The predicted octanol–water partition coefficient (Wildman–Crippen LogP) is 9.60. The molecule has 2 aliphatic rings. The van der Waals surface area contributed by atoms with E-state index in [0.29, 0.717) is 0 Å². The molecule has 0 atom stereocenters. The van der Waals surface area contributed by atoms with Gasteiger partial charge in [0.15, 0.2) is 0 Å². The van der Waals surface area contributed by atoms with Gasteiger partial charge >= 0.3 is 0 Å². The Bertz CT molecular complexity index is 432. The molecule has 2 rings (SSSR count). The molecule has 29 heavy (non-hydrogen) atoms. The van der Waals surface area contributed by atoms with Gasteiger partial charge in [0.25, 0.3) is 0 Å². The Hall–Kier alpha value is -0.510. The zero-order valence-electron chi connectivity index (χ0n) is 20.0. The van der Waals surface area contributed by atoms with Crippen molar-refractivity contribution < 1.29 is 0 Å². The van der Waals surface area contributed by atoms with Crippen LogP contribution in [0.1, 0.15) is 149 Å². The second-order valence-corrected chi connectivity index (χ2v) is 10.7. The van der Waals surface area contributed by atoms with Crippen molar-refractivity contribution >= 4 is 0 Å². The Morgan fingerprint density at radius 2 is 1.17 bits per heavy atom. The van der Waals surface area contributed by atoms with Crippen molar-refractivity contribution in [2.45, 2.75) is 149 Å². The fourth-order valence-electron chi connectivity index (χ4n) is 6.31. The van der Waals surface area contributed by atoms with E-state index in [4.69, 9.17) is 0 Å². The summed E-state index contributed by atoms with van der Waals surface area (Å²) in [5.41, 5.74) is 0.0386. The average molecular weight is 402 g/mol. The van der Waals surface area contributed by atoms with Gasteiger partial charge < -0.3 is 0 Å². The van der Waals surface area contributed by atoms with Crippen LogP contribution in [0.3, 0.4) is 0 Å². The van der Waals surface area contributed by atoms with Crippen LogP contribution < -0.4 is 0 Å². The van der Waals surface area contributed by atoms with Crippen LogP contribution in [0, 0.1) is 34.5 Å². The molecule has 0 bridgehead atoms. The summed E-state index contributed by atoms with van der Waals surface area (Å²) in [4.78, 5) is 0. The van der Waals surface area contributed by atoms with Gasteiger partial charge in [0.05, 0.1) is 11.5 Å². The second-order valence-electron chi connectivity index (χ2n) is 10.7. The van der Waals surface area contributed by atoms with E-state index in [1.165, 1.54) is 135 Å². The Balaban J connectivity index is 1.60. The molecule has 0 heterocycles. The van der Waals surface area contributed by atoms with Crippen LogP contribution in [0.15, 0.2) is 0 Å². The highest BCUT2D eigenvalue weighted by atomic mass is 14.4. The monoisotopic (exact) mass is 401 g/mol. The lowest BCUT2D eigenvalue weighted by atomic mass is 9.63. The lowest BCUT2D eigenvalue weighted by molar-refractivity contribution is 0.114. The standard InChI is InChI=1S/C28H51N/c1-3-5-7-9-11-13-21-28(24-29)22-19-27(20-23-28)26-17-15-25(16-18-26)14-12-10-8-6-4-2/h25-27H,3-23H2,1-2H3. The number of hydrogen-bond donors (Lipinski definition) is 0. The minimum Gasteiger partial charge on any atom is -0.198 e. The van der Waals surface area contributed by atoms with Gasteiger partial charge in [-0.05, 0) is 62.7 Å². The molecule has 2 fully saturated rings. The molecule has 0 aromatic rings. The lowest BCUT2D eigenvalue weighted by Gasteiger charge is -2.41. The molecule has 0 aromatic carbocycles. The maximum absolute atomic E-state index is 9.90. The van der Waals surface area contributed by atoms with Gasteiger partial charge in [-0.3, -0.25) is 0 Å². The van der Waals surface area contributed by atoms with Crippen LogP contribution in [0.4, 0.5) is 0 Å². The third kappa shape index (κ3) is 9.02. The Morgan fingerprint density at radius 3 is 1.76 bits per heavy atom. The number of unbranched alkanes of at least 4 members (excludes halogenated alkanes) is 9. The minimum atomic E-state index is 0.0386. The van der Waals surface area contributed by atoms with Crippen LogP contribution >= 0.6 is 0 Å². The molecule has 2 aliphatic carbocycles. The first kappa shape index (κ1) is 24.8. The van der Waals surface area contributed by atoms with Crippen molar-refractivity contribution in [1.82, 2.24) is 0 Å². The third-order valence-corrected chi connectivity index (χ3v) is 8.51. The van der Waals surface area contributed by atoms with E-state index in [9.17, 15) is 5.26 Å². The first-order chi connectivity index (χ1) is 14.2. The SMILES string of the molecule is CCCCCCCCC1(C#N)CCC(C2CCC(CCCCCCC)CC2)CC1. The Labute approximate surface area is 183 Å². The largest absolute Gasteiger partial charge is 0.198 e. The van der Waals surface area contributed by atoms with Crippen LogP contribution in [0.25, 0.3) is 0 Å². The molecule has 0 aliphatic heterocycles. The molecule has 0 N–H and O–H groups in total. The van der Waals surface area contributed by atoms with E-state index in [0.717, 1.165) is 17.8 Å². The molecule has 0 radical (unpaired) electrons.